The van der Waals surface area contributed by atoms with Gasteiger partial charge in [0.1, 0.15) is 0 Å². The molecular formula is C11H12Cl2N2O3. The summed E-state index contributed by atoms with van der Waals surface area (Å²) in [5, 5.41) is 5.47. The third-order valence-corrected chi connectivity index (χ3v) is 2.71. The molecule has 0 bridgehead atoms. The molecule has 0 saturated carbocycles. The average Bonchev–Trinajstić information content (AvgIpc) is 2.34. The van der Waals surface area contributed by atoms with Crippen molar-refractivity contribution in [2.24, 2.45) is 0 Å². The summed E-state index contributed by atoms with van der Waals surface area (Å²) in [6.45, 7) is 0.607. The van der Waals surface area contributed by atoms with E-state index < -0.39 is 11.8 Å². The number of amides is 2. The van der Waals surface area contributed by atoms with E-state index in [1.165, 1.54) is 19.2 Å². The molecule has 0 spiro atoms. The van der Waals surface area contributed by atoms with E-state index in [1.54, 1.807) is 6.07 Å². The van der Waals surface area contributed by atoms with Gasteiger partial charge < -0.3 is 15.4 Å². The lowest BCUT2D eigenvalue weighted by atomic mass is 10.3. The quantitative estimate of drug-likeness (QED) is 0.655. The Kier molecular flexibility index (Phi) is 5.91. The second-order valence-corrected chi connectivity index (χ2v) is 4.15. The predicted octanol–water partition coefficient (Wildman–Crippen LogP) is 1.69. The lowest BCUT2D eigenvalue weighted by Crippen LogP contribution is -2.37. The van der Waals surface area contributed by atoms with Crippen LogP contribution in [0, 0.1) is 0 Å². The Morgan fingerprint density at radius 1 is 1.22 bits per heavy atom. The van der Waals surface area contributed by atoms with Gasteiger partial charge >= 0.3 is 11.8 Å². The third kappa shape index (κ3) is 4.52. The zero-order valence-electron chi connectivity index (χ0n) is 9.63. The molecule has 7 heteroatoms. The normalized spacial score (nSPS) is 9.94. The van der Waals surface area contributed by atoms with Crippen molar-refractivity contribution in [3.05, 3.63) is 28.2 Å². The first-order valence-electron chi connectivity index (χ1n) is 5.07. The standard InChI is InChI=1S/C11H12Cl2N2O3/c1-18-5-4-14-10(16)11(17)15-7-2-3-8(12)9(13)6-7/h2-3,6H,4-5H2,1H3,(H,14,16)(H,15,17). The lowest BCUT2D eigenvalue weighted by Gasteiger charge is -2.06. The molecule has 0 heterocycles. The molecule has 18 heavy (non-hydrogen) atoms. The van der Waals surface area contributed by atoms with E-state index in [0.29, 0.717) is 22.3 Å². The van der Waals surface area contributed by atoms with Crippen LogP contribution in [-0.2, 0) is 14.3 Å². The van der Waals surface area contributed by atoms with Crippen LogP contribution in [0.25, 0.3) is 0 Å². The fraction of sp³-hybridized carbons (Fsp3) is 0.273. The molecule has 98 valence electrons. The van der Waals surface area contributed by atoms with Crippen molar-refractivity contribution in [2.45, 2.75) is 0 Å². The zero-order valence-corrected chi connectivity index (χ0v) is 11.1. The Morgan fingerprint density at radius 2 is 1.94 bits per heavy atom. The smallest absolute Gasteiger partial charge is 0.313 e. The number of ether oxygens (including phenoxy) is 1. The molecule has 0 atom stereocenters. The molecule has 5 nitrogen and oxygen atoms in total. The summed E-state index contributed by atoms with van der Waals surface area (Å²) in [4.78, 5) is 22.8. The number of hydrogen-bond donors (Lipinski definition) is 2. The highest BCUT2D eigenvalue weighted by molar-refractivity contribution is 6.42. The van der Waals surface area contributed by atoms with Crippen molar-refractivity contribution in [3.8, 4) is 0 Å². The largest absolute Gasteiger partial charge is 0.383 e. The first-order valence-corrected chi connectivity index (χ1v) is 5.83. The molecule has 0 aliphatic heterocycles. The zero-order chi connectivity index (χ0) is 13.5. The van der Waals surface area contributed by atoms with Crippen molar-refractivity contribution >= 4 is 40.7 Å². The molecule has 2 N–H and O–H groups in total. The predicted molar refractivity (Wildman–Crippen MR) is 70.0 cm³/mol. The van der Waals surface area contributed by atoms with Gasteiger partial charge in [0, 0.05) is 19.3 Å². The summed E-state index contributed by atoms with van der Waals surface area (Å²) in [5.41, 5.74) is 0.399. The minimum Gasteiger partial charge on any atom is -0.383 e. The van der Waals surface area contributed by atoms with Gasteiger partial charge in [-0.2, -0.15) is 0 Å². The maximum atomic E-state index is 11.5. The highest BCUT2D eigenvalue weighted by atomic mass is 35.5. The van der Waals surface area contributed by atoms with Gasteiger partial charge in [-0.3, -0.25) is 9.59 Å². The van der Waals surface area contributed by atoms with Crippen LogP contribution in [0.15, 0.2) is 18.2 Å². The van der Waals surface area contributed by atoms with Crippen LogP contribution >= 0.6 is 23.2 Å². The fourth-order valence-electron chi connectivity index (χ4n) is 1.11. The van der Waals surface area contributed by atoms with Crippen molar-refractivity contribution in [2.75, 3.05) is 25.6 Å². The molecule has 0 aromatic heterocycles. The van der Waals surface area contributed by atoms with E-state index in [4.69, 9.17) is 27.9 Å². The van der Waals surface area contributed by atoms with Crippen molar-refractivity contribution in [1.29, 1.82) is 0 Å². The van der Waals surface area contributed by atoms with Crippen LogP contribution in [0.5, 0.6) is 0 Å². The Hall–Kier alpha value is -1.30. The first-order chi connectivity index (χ1) is 8.54. The molecule has 0 fully saturated rings. The van der Waals surface area contributed by atoms with Crippen LogP contribution in [0.3, 0.4) is 0 Å². The third-order valence-electron chi connectivity index (χ3n) is 1.98. The van der Waals surface area contributed by atoms with Gasteiger partial charge in [0.05, 0.1) is 16.7 Å². The van der Waals surface area contributed by atoms with E-state index in [2.05, 4.69) is 10.6 Å². The molecule has 1 aromatic carbocycles. The monoisotopic (exact) mass is 290 g/mol. The van der Waals surface area contributed by atoms with Crippen LogP contribution in [0.2, 0.25) is 10.0 Å². The summed E-state index contributed by atoms with van der Waals surface area (Å²) in [7, 11) is 1.50. The summed E-state index contributed by atoms with van der Waals surface area (Å²) in [5.74, 6) is -1.51. The number of carbonyl (C=O) groups excluding carboxylic acids is 2. The van der Waals surface area contributed by atoms with Gasteiger partial charge in [-0.05, 0) is 18.2 Å². The molecule has 0 aliphatic rings. The number of halogens is 2. The van der Waals surface area contributed by atoms with Crippen molar-refractivity contribution in [3.63, 3.8) is 0 Å². The SMILES string of the molecule is COCCNC(=O)C(=O)Nc1ccc(Cl)c(Cl)c1. The second-order valence-electron chi connectivity index (χ2n) is 3.33. The summed E-state index contributed by atoms with van der Waals surface area (Å²) in [6, 6.07) is 4.54. The Balaban J connectivity index is 2.53. The van der Waals surface area contributed by atoms with E-state index in [1.807, 2.05) is 0 Å². The molecule has 0 radical (unpaired) electrons. The van der Waals surface area contributed by atoms with E-state index in [0.717, 1.165) is 0 Å². The number of anilines is 1. The van der Waals surface area contributed by atoms with Crippen LogP contribution < -0.4 is 10.6 Å². The average molecular weight is 291 g/mol. The number of carbonyl (C=O) groups is 2. The maximum absolute atomic E-state index is 11.5. The second kappa shape index (κ2) is 7.20. The topological polar surface area (TPSA) is 67.4 Å². The van der Waals surface area contributed by atoms with Gasteiger partial charge in [-0.1, -0.05) is 23.2 Å². The summed E-state index contributed by atoms with van der Waals surface area (Å²) in [6.07, 6.45) is 0. The lowest BCUT2D eigenvalue weighted by molar-refractivity contribution is -0.136. The highest BCUT2D eigenvalue weighted by Gasteiger charge is 2.13. The summed E-state index contributed by atoms with van der Waals surface area (Å²) >= 11 is 11.5. The highest BCUT2D eigenvalue weighted by Crippen LogP contribution is 2.24. The molecule has 0 unspecified atom stereocenters. The maximum Gasteiger partial charge on any atom is 0.313 e. The van der Waals surface area contributed by atoms with Crippen LogP contribution in [0.1, 0.15) is 0 Å². The van der Waals surface area contributed by atoms with E-state index in [9.17, 15) is 9.59 Å². The molecule has 2 amide bonds. The minimum atomic E-state index is -0.774. The van der Waals surface area contributed by atoms with Crippen molar-refractivity contribution in [1.82, 2.24) is 5.32 Å². The van der Waals surface area contributed by atoms with Gasteiger partial charge in [-0.15, -0.1) is 0 Å². The number of rotatable bonds is 4. The Labute approximate surface area is 114 Å². The molecule has 1 aromatic rings. The van der Waals surface area contributed by atoms with E-state index >= 15 is 0 Å². The number of methoxy groups -OCH3 is 1. The van der Waals surface area contributed by atoms with Gasteiger partial charge in [0.25, 0.3) is 0 Å². The van der Waals surface area contributed by atoms with E-state index in [-0.39, 0.29) is 6.54 Å². The molecule has 1 rings (SSSR count). The van der Waals surface area contributed by atoms with Gasteiger partial charge in [-0.25, -0.2) is 0 Å². The van der Waals surface area contributed by atoms with Crippen molar-refractivity contribution < 1.29 is 14.3 Å². The molecule has 0 saturated heterocycles. The minimum absolute atomic E-state index is 0.268. The first kappa shape index (κ1) is 14.8. The number of benzene rings is 1. The van der Waals surface area contributed by atoms with Gasteiger partial charge in [0.15, 0.2) is 0 Å². The van der Waals surface area contributed by atoms with Gasteiger partial charge in [0.2, 0.25) is 0 Å². The van der Waals surface area contributed by atoms with Crippen LogP contribution in [0.4, 0.5) is 5.69 Å². The number of hydrogen-bond acceptors (Lipinski definition) is 3. The number of nitrogens with one attached hydrogen (secondary N) is 2. The Bertz CT molecular complexity index is 452. The van der Waals surface area contributed by atoms with Crippen LogP contribution in [-0.4, -0.2) is 32.1 Å². The fourth-order valence-corrected chi connectivity index (χ4v) is 1.41. The Morgan fingerprint density at radius 3 is 2.56 bits per heavy atom. The molecule has 0 aliphatic carbocycles. The molecular weight excluding hydrogens is 279 g/mol. The summed E-state index contributed by atoms with van der Waals surface area (Å²) < 4.78 is 4.74.